The SMILES string of the molecule is CCOc1ccccc1C(=O)Nc1ccc(S(=O)(=O)NCc2ccccc2)cc1. The van der Waals surface area contributed by atoms with E-state index in [1.165, 1.54) is 12.1 Å². The number of carbonyl (C=O) groups is 1. The van der Waals surface area contributed by atoms with Crippen molar-refractivity contribution >= 4 is 21.6 Å². The summed E-state index contributed by atoms with van der Waals surface area (Å²) in [5.74, 6) is 0.170. The highest BCUT2D eigenvalue weighted by Gasteiger charge is 2.15. The Kier molecular flexibility index (Phi) is 6.64. The number of para-hydroxylation sites is 1. The van der Waals surface area contributed by atoms with E-state index in [-0.39, 0.29) is 17.3 Å². The third-order valence-corrected chi connectivity index (χ3v) is 5.58. The summed E-state index contributed by atoms with van der Waals surface area (Å²) >= 11 is 0. The van der Waals surface area contributed by atoms with E-state index in [0.717, 1.165) is 5.56 Å². The van der Waals surface area contributed by atoms with Crippen molar-refractivity contribution in [2.75, 3.05) is 11.9 Å². The molecular formula is C22H22N2O4S. The molecule has 0 atom stereocenters. The van der Waals surface area contributed by atoms with Crippen LogP contribution in [0.5, 0.6) is 5.75 Å². The first-order chi connectivity index (χ1) is 14.0. The molecule has 6 nitrogen and oxygen atoms in total. The summed E-state index contributed by atoms with van der Waals surface area (Å²) in [6.45, 7) is 2.50. The van der Waals surface area contributed by atoms with Crippen molar-refractivity contribution in [1.82, 2.24) is 4.72 Å². The van der Waals surface area contributed by atoms with Crippen molar-refractivity contribution in [3.63, 3.8) is 0 Å². The molecule has 0 aliphatic rings. The van der Waals surface area contributed by atoms with Crippen LogP contribution in [0.4, 0.5) is 5.69 Å². The summed E-state index contributed by atoms with van der Waals surface area (Å²) in [5.41, 5.74) is 1.77. The van der Waals surface area contributed by atoms with Gasteiger partial charge >= 0.3 is 0 Å². The summed E-state index contributed by atoms with van der Waals surface area (Å²) in [6.07, 6.45) is 0. The van der Waals surface area contributed by atoms with Crippen molar-refractivity contribution in [1.29, 1.82) is 0 Å². The van der Waals surface area contributed by atoms with Gasteiger partial charge in [-0.3, -0.25) is 4.79 Å². The molecule has 0 heterocycles. The number of ether oxygens (including phenoxy) is 1. The van der Waals surface area contributed by atoms with Gasteiger partial charge in [-0.15, -0.1) is 0 Å². The van der Waals surface area contributed by atoms with Crippen LogP contribution in [0.2, 0.25) is 0 Å². The lowest BCUT2D eigenvalue weighted by molar-refractivity contribution is 0.102. The highest BCUT2D eigenvalue weighted by molar-refractivity contribution is 7.89. The molecule has 0 saturated carbocycles. The van der Waals surface area contributed by atoms with Crippen LogP contribution in [0.3, 0.4) is 0 Å². The Morgan fingerprint density at radius 2 is 1.55 bits per heavy atom. The fraction of sp³-hybridized carbons (Fsp3) is 0.136. The van der Waals surface area contributed by atoms with Crippen LogP contribution >= 0.6 is 0 Å². The van der Waals surface area contributed by atoms with Crippen LogP contribution in [0.1, 0.15) is 22.8 Å². The number of amides is 1. The average Bonchev–Trinajstić information content (AvgIpc) is 2.74. The lowest BCUT2D eigenvalue weighted by Crippen LogP contribution is -2.23. The number of anilines is 1. The van der Waals surface area contributed by atoms with Crippen LogP contribution < -0.4 is 14.8 Å². The second-order valence-electron chi connectivity index (χ2n) is 6.22. The third kappa shape index (κ3) is 5.43. The molecule has 0 aromatic heterocycles. The summed E-state index contributed by atoms with van der Waals surface area (Å²) in [7, 11) is -3.65. The van der Waals surface area contributed by atoms with Crippen LogP contribution in [-0.2, 0) is 16.6 Å². The standard InChI is InChI=1S/C22H22N2O4S/c1-2-28-21-11-7-6-10-20(21)22(25)24-18-12-14-19(15-13-18)29(26,27)23-16-17-8-4-3-5-9-17/h3-15,23H,2,16H2,1H3,(H,24,25). The minimum absolute atomic E-state index is 0.126. The van der Waals surface area contributed by atoms with Crippen LogP contribution in [0.25, 0.3) is 0 Å². The number of nitrogens with one attached hydrogen (secondary N) is 2. The lowest BCUT2D eigenvalue weighted by Gasteiger charge is -2.11. The van der Waals surface area contributed by atoms with Gasteiger partial charge < -0.3 is 10.1 Å². The zero-order valence-corrected chi connectivity index (χ0v) is 16.8. The van der Waals surface area contributed by atoms with Gasteiger partial charge in [0.1, 0.15) is 5.75 Å². The zero-order valence-electron chi connectivity index (χ0n) is 16.0. The van der Waals surface area contributed by atoms with Crippen LogP contribution in [-0.4, -0.2) is 20.9 Å². The molecule has 29 heavy (non-hydrogen) atoms. The van der Waals surface area contributed by atoms with E-state index in [1.807, 2.05) is 37.3 Å². The Morgan fingerprint density at radius 3 is 2.24 bits per heavy atom. The molecule has 3 rings (SSSR count). The van der Waals surface area contributed by atoms with E-state index < -0.39 is 10.0 Å². The Bertz CT molecular complexity index is 1070. The number of hydrogen-bond donors (Lipinski definition) is 2. The van der Waals surface area contributed by atoms with Gasteiger partial charge in [0.05, 0.1) is 17.1 Å². The third-order valence-electron chi connectivity index (χ3n) is 4.16. The van der Waals surface area contributed by atoms with Gasteiger partial charge in [-0.05, 0) is 48.9 Å². The number of hydrogen-bond acceptors (Lipinski definition) is 4. The van der Waals surface area contributed by atoms with E-state index in [4.69, 9.17) is 4.74 Å². The summed E-state index contributed by atoms with van der Waals surface area (Å²) in [5, 5.41) is 2.76. The molecule has 150 valence electrons. The molecule has 0 radical (unpaired) electrons. The summed E-state index contributed by atoms with van der Waals surface area (Å²) in [4.78, 5) is 12.7. The topological polar surface area (TPSA) is 84.5 Å². The fourth-order valence-corrected chi connectivity index (χ4v) is 3.73. The van der Waals surface area contributed by atoms with E-state index in [0.29, 0.717) is 23.6 Å². The predicted octanol–water partition coefficient (Wildman–Crippen LogP) is 3.82. The Hall–Kier alpha value is -3.16. The van der Waals surface area contributed by atoms with E-state index in [2.05, 4.69) is 10.0 Å². The monoisotopic (exact) mass is 410 g/mol. The van der Waals surface area contributed by atoms with Crippen molar-refractivity contribution in [2.45, 2.75) is 18.4 Å². The Labute approximate surface area is 170 Å². The number of carbonyl (C=O) groups excluding carboxylic acids is 1. The maximum atomic E-state index is 12.5. The molecule has 0 unspecified atom stereocenters. The minimum atomic E-state index is -3.65. The van der Waals surface area contributed by atoms with Crippen LogP contribution in [0.15, 0.2) is 83.8 Å². The maximum Gasteiger partial charge on any atom is 0.259 e. The van der Waals surface area contributed by atoms with Gasteiger partial charge in [-0.25, -0.2) is 13.1 Å². The quantitative estimate of drug-likeness (QED) is 0.591. The zero-order chi connectivity index (χ0) is 20.7. The summed E-state index contributed by atoms with van der Waals surface area (Å²) in [6, 6.07) is 22.2. The van der Waals surface area contributed by atoms with E-state index in [1.54, 1.807) is 36.4 Å². The van der Waals surface area contributed by atoms with Gasteiger partial charge in [0.25, 0.3) is 5.91 Å². The van der Waals surface area contributed by atoms with Crippen molar-refractivity contribution < 1.29 is 17.9 Å². The molecule has 0 aliphatic carbocycles. The molecule has 2 N–H and O–H groups in total. The lowest BCUT2D eigenvalue weighted by atomic mass is 10.2. The molecule has 0 fully saturated rings. The van der Waals surface area contributed by atoms with Crippen molar-refractivity contribution in [2.24, 2.45) is 0 Å². The van der Waals surface area contributed by atoms with E-state index in [9.17, 15) is 13.2 Å². The first-order valence-corrected chi connectivity index (χ1v) is 10.6. The average molecular weight is 410 g/mol. The molecule has 0 bridgehead atoms. The van der Waals surface area contributed by atoms with Crippen molar-refractivity contribution in [3.8, 4) is 5.75 Å². The summed E-state index contributed by atoms with van der Waals surface area (Å²) < 4.78 is 33.0. The Morgan fingerprint density at radius 1 is 0.897 bits per heavy atom. The van der Waals surface area contributed by atoms with Crippen molar-refractivity contribution in [3.05, 3.63) is 90.0 Å². The molecular weight excluding hydrogens is 388 g/mol. The smallest absolute Gasteiger partial charge is 0.259 e. The predicted molar refractivity (Wildman–Crippen MR) is 112 cm³/mol. The number of sulfonamides is 1. The second-order valence-corrected chi connectivity index (χ2v) is 7.98. The van der Waals surface area contributed by atoms with Gasteiger partial charge in [-0.1, -0.05) is 42.5 Å². The Balaban J connectivity index is 1.67. The molecule has 7 heteroatoms. The minimum Gasteiger partial charge on any atom is -0.493 e. The number of benzene rings is 3. The molecule has 0 saturated heterocycles. The maximum absolute atomic E-state index is 12.5. The van der Waals surface area contributed by atoms with Gasteiger partial charge in [0.15, 0.2) is 0 Å². The molecule has 0 aliphatic heterocycles. The first-order valence-electron chi connectivity index (χ1n) is 9.16. The highest BCUT2D eigenvalue weighted by Crippen LogP contribution is 2.20. The van der Waals surface area contributed by atoms with Gasteiger partial charge in [0.2, 0.25) is 10.0 Å². The second kappa shape index (κ2) is 9.36. The molecule has 3 aromatic rings. The van der Waals surface area contributed by atoms with Gasteiger partial charge in [0, 0.05) is 12.2 Å². The van der Waals surface area contributed by atoms with Crippen LogP contribution in [0, 0.1) is 0 Å². The van der Waals surface area contributed by atoms with Gasteiger partial charge in [-0.2, -0.15) is 0 Å². The normalized spacial score (nSPS) is 11.1. The molecule has 0 spiro atoms. The largest absolute Gasteiger partial charge is 0.493 e. The number of rotatable bonds is 8. The van der Waals surface area contributed by atoms with E-state index >= 15 is 0 Å². The molecule has 1 amide bonds. The highest BCUT2D eigenvalue weighted by atomic mass is 32.2. The first kappa shape index (κ1) is 20.6. The fourth-order valence-electron chi connectivity index (χ4n) is 2.71. The molecule has 3 aromatic carbocycles.